The number of carbonyl (C=O) groups is 2. The van der Waals surface area contributed by atoms with Crippen LogP contribution < -0.4 is 0 Å². The number of carboxylic acid groups (broad SMARTS) is 1. The highest BCUT2D eigenvalue weighted by Crippen LogP contribution is 2.31. The average Bonchev–Trinajstić information content (AvgIpc) is 2.43. The van der Waals surface area contributed by atoms with Crippen LogP contribution in [0.25, 0.3) is 0 Å². The quantitative estimate of drug-likeness (QED) is 0.594. The summed E-state index contributed by atoms with van der Waals surface area (Å²) in [6, 6.07) is 5.95. The number of carboxylic acids is 1. The van der Waals surface area contributed by atoms with Gasteiger partial charge in [0.05, 0.1) is 21.2 Å². The summed E-state index contributed by atoms with van der Waals surface area (Å²) in [5, 5.41) is 27.6. The summed E-state index contributed by atoms with van der Waals surface area (Å²) < 4.78 is 0. The van der Waals surface area contributed by atoms with Crippen molar-refractivity contribution in [2.75, 3.05) is 0 Å². The molecule has 0 aliphatic carbocycles. The van der Waals surface area contributed by atoms with Gasteiger partial charge in [-0.15, -0.1) is 0 Å². The fourth-order valence-electron chi connectivity index (χ4n) is 1.79. The molecule has 0 aliphatic heterocycles. The van der Waals surface area contributed by atoms with Gasteiger partial charge >= 0.3 is 5.97 Å². The second-order valence-corrected chi connectivity index (χ2v) is 4.93. The number of hydrogen-bond donors (Lipinski definition) is 3. The van der Waals surface area contributed by atoms with Gasteiger partial charge in [-0.1, -0.05) is 23.2 Å². The number of aromatic hydroxyl groups is 2. The van der Waals surface area contributed by atoms with E-state index in [0.29, 0.717) is 0 Å². The summed E-state index contributed by atoms with van der Waals surface area (Å²) >= 11 is 11.7. The van der Waals surface area contributed by atoms with Crippen molar-refractivity contribution in [3.05, 3.63) is 57.1 Å². The Morgan fingerprint density at radius 3 is 1.95 bits per heavy atom. The molecule has 0 amide bonds. The van der Waals surface area contributed by atoms with E-state index >= 15 is 0 Å². The number of aromatic carboxylic acids is 1. The molecule has 0 aliphatic rings. The second-order valence-electron chi connectivity index (χ2n) is 4.12. The van der Waals surface area contributed by atoms with Crippen molar-refractivity contribution in [3.63, 3.8) is 0 Å². The van der Waals surface area contributed by atoms with Crippen LogP contribution in [0.1, 0.15) is 26.3 Å². The van der Waals surface area contributed by atoms with Gasteiger partial charge in [0.1, 0.15) is 0 Å². The van der Waals surface area contributed by atoms with Gasteiger partial charge in [0, 0.05) is 5.56 Å². The molecule has 0 bridgehead atoms. The molecule has 108 valence electrons. The molecule has 2 aromatic rings. The highest BCUT2D eigenvalue weighted by Gasteiger charge is 2.24. The van der Waals surface area contributed by atoms with Crippen LogP contribution in [0.3, 0.4) is 0 Å². The standard InChI is InChI=1S/C14H8Cl2O5/c15-7-2-3-8(16)12(14(20)21)11(7)13(19)6-1-4-9(17)10(18)5-6/h1-5,17-18H,(H,20,21). The van der Waals surface area contributed by atoms with Crippen LogP contribution in [0.5, 0.6) is 11.5 Å². The fraction of sp³-hybridized carbons (Fsp3) is 0. The molecule has 0 aromatic heterocycles. The lowest BCUT2D eigenvalue weighted by Gasteiger charge is -2.10. The van der Waals surface area contributed by atoms with Crippen LogP contribution in [0.15, 0.2) is 30.3 Å². The molecule has 0 radical (unpaired) electrons. The molecule has 0 saturated carbocycles. The third-order valence-electron chi connectivity index (χ3n) is 2.78. The summed E-state index contributed by atoms with van der Waals surface area (Å²) in [5.41, 5.74) is -0.722. The van der Waals surface area contributed by atoms with E-state index < -0.39 is 28.8 Å². The normalized spacial score (nSPS) is 10.4. The Kier molecular flexibility index (Phi) is 4.06. The van der Waals surface area contributed by atoms with Gasteiger partial charge < -0.3 is 15.3 Å². The van der Waals surface area contributed by atoms with Gasteiger partial charge in [-0.3, -0.25) is 4.79 Å². The molecular weight excluding hydrogens is 319 g/mol. The molecule has 2 rings (SSSR count). The number of rotatable bonds is 3. The molecule has 5 nitrogen and oxygen atoms in total. The first-order chi connectivity index (χ1) is 9.82. The van der Waals surface area contributed by atoms with E-state index in [1.807, 2.05) is 0 Å². The van der Waals surface area contributed by atoms with Crippen LogP contribution in [-0.2, 0) is 0 Å². The van der Waals surface area contributed by atoms with Gasteiger partial charge in [0.15, 0.2) is 17.3 Å². The zero-order valence-electron chi connectivity index (χ0n) is 10.3. The Morgan fingerprint density at radius 2 is 1.43 bits per heavy atom. The van der Waals surface area contributed by atoms with Gasteiger partial charge in [0.25, 0.3) is 0 Å². The smallest absolute Gasteiger partial charge is 0.338 e. The Balaban J connectivity index is 2.65. The maximum Gasteiger partial charge on any atom is 0.338 e. The molecule has 3 N–H and O–H groups in total. The molecule has 0 saturated heterocycles. The van der Waals surface area contributed by atoms with Crippen LogP contribution in [-0.4, -0.2) is 27.1 Å². The van der Waals surface area contributed by atoms with Crippen molar-refractivity contribution >= 4 is 35.0 Å². The summed E-state index contributed by atoms with van der Waals surface area (Å²) in [6.45, 7) is 0. The number of phenols is 2. The van der Waals surface area contributed by atoms with E-state index in [0.717, 1.165) is 12.1 Å². The molecular formula is C14H8Cl2O5. The predicted molar refractivity (Wildman–Crippen MR) is 76.6 cm³/mol. The van der Waals surface area contributed by atoms with E-state index in [2.05, 4.69) is 0 Å². The lowest BCUT2D eigenvalue weighted by atomic mass is 9.98. The zero-order chi connectivity index (χ0) is 15.7. The van der Waals surface area contributed by atoms with E-state index in [1.165, 1.54) is 18.2 Å². The molecule has 21 heavy (non-hydrogen) atoms. The van der Waals surface area contributed by atoms with Crippen molar-refractivity contribution in [2.24, 2.45) is 0 Å². The second kappa shape index (κ2) is 5.63. The van der Waals surface area contributed by atoms with Crippen molar-refractivity contribution in [1.29, 1.82) is 0 Å². The van der Waals surface area contributed by atoms with E-state index in [4.69, 9.17) is 23.2 Å². The first-order valence-corrected chi connectivity index (χ1v) is 6.36. The lowest BCUT2D eigenvalue weighted by molar-refractivity contribution is 0.0693. The Morgan fingerprint density at radius 1 is 0.857 bits per heavy atom. The van der Waals surface area contributed by atoms with Crippen LogP contribution in [0.2, 0.25) is 10.0 Å². The van der Waals surface area contributed by atoms with Gasteiger partial charge in [-0.25, -0.2) is 4.79 Å². The summed E-state index contributed by atoms with van der Waals surface area (Å²) in [6.07, 6.45) is 0. The number of benzene rings is 2. The predicted octanol–water partition coefficient (Wildman–Crippen LogP) is 3.33. The van der Waals surface area contributed by atoms with Gasteiger partial charge in [-0.2, -0.15) is 0 Å². The maximum absolute atomic E-state index is 12.4. The lowest BCUT2D eigenvalue weighted by Crippen LogP contribution is -2.11. The average molecular weight is 327 g/mol. The molecule has 0 spiro atoms. The molecule has 0 atom stereocenters. The monoisotopic (exact) mass is 326 g/mol. The number of halogens is 2. The Labute approximate surface area is 129 Å². The van der Waals surface area contributed by atoms with Crippen molar-refractivity contribution in [3.8, 4) is 11.5 Å². The maximum atomic E-state index is 12.4. The zero-order valence-corrected chi connectivity index (χ0v) is 11.8. The highest BCUT2D eigenvalue weighted by molar-refractivity contribution is 6.39. The van der Waals surface area contributed by atoms with Gasteiger partial charge in [-0.05, 0) is 30.3 Å². The van der Waals surface area contributed by atoms with Crippen molar-refractivity contribution in [2.45, 2.75) is 0 Å². The molecule has 0 unspecified atom stereocenters. The third-order valence-corrected chi connectivity index (χ3v) is 3.41. The highest BCUT2D eigenvalue weighted by atomic mass is 35.5. The van der Waals surface area contributed by atoms with E-state index in [1.54, 1.807) is 0 Å². The van der Waals surface area contributed by atoms with E-state index in [9.17, 15) is 24.9 Å². The first kappa shape index (κ1) is 15.2. The number of phenolic OH excluding ortho intramolecular Hbond substituents is 2. The number of ketones is 1. The van der Waals surface area contributed by atoms with Crippen molar-refractivity contribution in [1.82, 2.24) is 0 Å². The Hall–Kier alpha value is -2.24. The fourth-order valence-corrected chi connectivity index (χ4v) is 2.27. The number of hydrogen-bond acceptors (Lipinski definition) is 4. The van der Waals surface area contributed by atoms with Crippen LogP contribution >= 0.6 is 23.2 Å². The first-order valence-electron chi connectivity index (χ1n) is 5.61. The van der Waals surface area contributed by atoms with E-state index in [-0.39, 0.29) is 21.2 Å². The van der Waals surface area contributed by atoms with Gasteiger partial charge in [0.2, 0.25) is 0 Å². The summed E-state index contributed by atoms with van der Waals surface area (Å²) in [5.74, 6) is -3.03. The minimum Gasteiger partial charge on any atom is -0.504 e. The summed E-state index contributed by atoms with van der Waals surface area (Å²) in [7, 11) is 0. The van der Waals surface area contributed by atoms with Crippen molar-refractivity contribution < 1.29 is 24.9 Å². The number of carbonyl (C=O) groups excluding carboxylic acids is 1. The molecule has 2 aromatic carbocycles. The Bertz CT molecular complexity index is 755. The summed E-state index contributed by atoms with van der Waals surface area (Å²) in [4.78, 5) is 23.7. The topological polar surface area (TPSA) is 94.8 Å². The minimum absolute atomic E-state index is 0.0306. The third kappa shape index (κ3) is 2.79. The molecule has 0 fully saturated rings. The largest absolute Gasteiger partial charge is 0.504 e. The minimum atomic E-state index is -1.39. The van der Waals surface area contributed by atoms with Crippen LogP contribution in [0, 0.1) is 0 Å². The molecule has 0 heterocycles. The van der Waals surface area contributed by atoms with Crippen LogP contribution in [0.4, 0.5) is 0 Å². The molecule has 7 heteroatoms. The SMILES string of the molecule is O=C(O)c1c(Cl)ccc(Cl)c1C(=O)c1ccc(O)c(O)c1.